The summed E-state index contributed by atoms with van der Waals surface area (Å²) in [5, 5.41) is 56.1. The van der Waals surface area contributed by atoms with Crippen LogP contribution in [0, 0.1) is 35.0 Å². The third-order valence-corrected chi connectivity index (χ3v) is 25.9. The lowest BCUT2D eigenvalue weighted by molar-refractivity contribution is -0.148. The first-order valence-corrected chi connectivity index (χ1v) is 43.1. The molecule has 117 heavy (non-hydrogen) atoms. The molecule has 4 bridgehead atoms. The van der Waals surface area contributed by atoms with Crippen LogP contribution in [0.25, 0.3) is 0 Å². The molecular weight excluding hydrogens is 1560 g/mol. The molecule has 17 amide bonds. The van der Waals surface area contributed by atoms with Gasteiger partial charge in [0.05, 0.1) is 32.7 Å². The first-order chi connectivity index (χ1) is 55.2. The standard InChI is InChI=1S/C76H126N20O19S2/c1-12-39(4)56-68(110)89-49-38-116-117-76(10,11)59(70(112)92-58(41(6)14-3)73(115)95-29-17-20-50(95)66(108)85-45(60(77)102)31-53(99)82-34-54(100)81-33-42-23-25-43(26-24-42)61(103)83-35-55(101)90-56)93-69(111)57(40(5)13-2)91-67(109)51-21-16-28-94(51)72(114)52-22-18-30-96(52)71(113)46(32-75(7,8)9)86-64(106)48(37-98)87-62(104)44(19-15-27-80-74(78)79)84-63(105)47(36-97)88-65(49)107/h39-52,56-59,97-98H,12-38H2,1-11H3,(H2,77,102)(H,81,100)(H,82,99)(H,83,103)(H,84,105)(H,85,108)(H,86,106)(H,87,104)(H,88,107)(H,89,110)(H,90,101)(H,91,109)(H,92,112)(H,93,111)(H4,78,79,80)/t39-,40-,41-,42?,43?,44-,45?,46-,47-,48-,49-,50-,51-,52-,56-,57-,58-,59+/m0/s1. The number of amides is 17. The number of nitrogens with zero attached hydrogens (tertiary/aromatic N) is 4. The summed E-state index contributed by atoms with van der Waals surface area (Å²) in [6.45, 7) is 15.5. The summed E-state index contributed by atoms with van der Waals surface area (Å²) in [7, 11) is 1.74. The van der Waals surface area contributed by atoms with Crippen molar-refractivity contribution in [1.82, 2.24) is 83.8 Å². The zero-order chi connectivity index (χ0) is 86.9. The van der Waals surface area contributed by atoms with Crippen LogP contribution in [0.15, 0.2) is 4.99 Å². The van der Waals surface area contributed by atoms with Crippen LogP contribution in [0.1, 0.15) is 185 Å². The highest BCUT2D eigenvalue weighted by molar-refractivity contribution is 8.77. The summed E-state index contributed by atoms with van der Waals surface area (Å²) < 4.78 is -1.61. The third-order valence-electron chi connectivity index (χ3n) is 22.6. The van der Waals surface area contributed by atoms with E-state index in [4.69, 9.17) is 17.2 Å². The first kappa shape index (κ1) is 96.7. The van der Waals surface area contributed by atoms with E-state index in [1.54, 1.807) is 62.3 Å². The molecule has 6 heterocycles. The van der Waals surface area contributed by atoms with E-state index in [1.165, 1.54) is 28.5 Å². The van der Waals surface area contributed by atoms with Gasteiger partial charge in [-0.1, -0.05) is 103 Å². The predicted molar refractivity (Wildman–Crippen MR) is 432 cm³/mol. The number of nitrogens with one attached hydrogen (secondary N) is 13. The van der Waals surface area contributed by atoms with E-state index in [2.05, 4.69) is 74.1 Å². The molecule has 0 spiro atoms. The van der Waals surface area contributed by atoms with Gasteiger partial charge in [-0.25, -0.2) is 0 Å². The van der Waals surface area contributed by atoms with Crippen LogP contribution in [0.3, 0.4) is 0 Å². The number of primary amides is 1. The topological polar surface area (TPSA) is 587 Å². The zero-order valence-corrected chi connectivity index (χ0v) is 70.8. The fraction of sp³-hybridized carbons (Fsp3) is 0.763. The molecule has 656 valence electrons. The molecule has 39 nitrogen and oxygen atoms in total. The van der Waals surface area contributed by atoms with Gasteiger partial charge < -0.3 is 111 Å². The fourth-order valence-electron chi connectivity index (χ4n) is 15.0. The Morgan fingerprint density at radius 3 is 1.55 bits per heavy atom. The Morgan fingerprint density at radius 1 is 0.504 bits per heavy atom. The molecular formula is C76H126N20O19S2. The number of nitrogens with two attached hydrogens (primary N) is 3. The number of aliphatic hydroxyl groups excluding tert-OH is 2. The van der Waals surface area contributed by atoms with E-state index < -0.39 is 251 Å². The molecule has 0 aromatic rings. The molecule has 6 saturated heterocycles. The maximum Gasteiger partial charge on any atom is 0.246 e. The monoisotopic (exact) mass is 1690 g/mol. The number of carbonyl (C=O) groups is 17. The van der Waals surface area contributed by atoms with E-state index >= 15 is 33.6 Å². The molecule has 7 aliphatic rings. The number of aliphatic imine (C=N–C) groups is 1. The molecule has 0 aromatic heterocycles. The lowest BCUT2D eigenvalue weighted by atomic mass is 9.81. The van der Waals surface area contributed by atoms with Crippen molar-refractivity contribution >= 4 is 128 Å². The summed E-state index contributed by atoms with van der Waals surface area (Å²) >= 11 is 0. The van der Waals surface area contributed by atoms with Crippen LogP contribution in [0.4, 0.5) is 0 Å². The second kappa shape index (κ2) is 45.2. The second-order valence-corrected chi connectivity index (χ2v) is 36.2. The number of aliphatic hydroxyl groups is 2. The first-order valence-electron chi connectivity index (χ1n) is 40.8. The van der Waals surface area contributed by atoms with Gasteiger partial charge in [0.1, 0.15) is 78.5 Å². The highest BCUT2D eigenvalue weighted by Gasteiger charge is 2.49. The van der Waals surface area contributed by atoms with Gasteiger partial charge in [0.2, 0.25) is 100 Å². The Bertz CT molecular complexity index is 3610. The minimum absolute atomic E-state index is 0.0158. The summed E-state index contributed by atoms with van der Waals surface area (Å²) in [4.78, 5) is 254. The second-order valence-electron chi connectivity index (χ2n) is 33.2. The van der Waals surface area contributed by atoms with E-state index in [0.29, 0.717) is 38.5 Å². The van der Waals surface area contributed by atoms with Crippen molar-refractivity contribution in [1.29, 1.82) is 0 Å². The van der Waals surface area contributed by atoms with Gasteiger partial charge in [-0.3, -0.25) is 86.5 Å². The largest absolute Gasteiger partial charge is 0.394 e. The smallest absolute Gasteiger partial charge is 0.246 e. The number of fused-ring (bicyclic) bond motifs is 23. The Balaban J connectivity index is 1.50. The van der Waals surface area contributed by atoms with Crippen LogP contribution < -0.4 is 86.3 Å². The van der Waals surface area contributed by atoms with Gasteiger partial charge in [-0.2, -0.15) is 0 Å². The quantitative estimate of drug-likeness (QED) is 0.0257. The van der Waals surface area contributed by atoms with Crippen molar-refractivity contribution in [3.05, 3.63) is 0 Å². The van der Waals surface area contributed by atoms with Crippen LogP contribution in [-0.4, -0.2) is 279 Å². The lowest BCUT2D eigenvalue weighted by Gasteiger charge is -2.37. The van der Waals surface area contributed by atoms with E-state index in [9.17, 15) is 58.2 Å². The van der Waals surface area contributed by atoms with Crippen LogP contribution in [0.2, 0.25) is 0 Å². The zero-order valence-electron chi connectivity index (χ0n) is 69.2. The van der Waals surface area contributed by atoms with Gasteiger partial charge in [0.25, 0.3) is 0 Å². The molecule has 7 fully saturated rings. The van der Waals surface area contributed by atoms with Crippen LogP contribution in [-0.2, 0) is 81.5 Å². The maximum atomic E-state index is 15.8. The van der Waals surface area contributed by atoms with Crippen molar-refractivity contribution in [3.63, 3.8) is 0 Å². The maximum absolute atomic E-state index is 15.8. The molecule has 1 unspecified atom stereocenters. The Kier molecular flexibility index (Phi) is 37.3. The Labute approximate surface area is 690 Å². The number of hydrogen-bond acceptors (Lipinski definition) is 22. The van der Waals surface area contributed by atoms with E-state index in [-0.39, 0.29) is 109 Å². The third kappa shape index (κ3) is 28.0. The summed E-state index contributed by atoms with van der Waals surface area (Å²) in [6.07, 6.45) is 2.75. The van der Waals surface area contributed by atoms with Gasteiger partial charge in [-0.05, 0) is 126 Å². The van der Waals surface area contributed by atoms with Crippen LogP contribution in [0.5, 0.6) is 0 Å². The molecule has 41 heteroatoms. The normalized spacial score (nSPS) is 30.2. The number of guanidine groups is 1. The SMILES string of the molecule is CC[C@H](C)[C@@H]1NC(=O)CNC(=O)C2CCC(CC2)CNC(=O)CNC(=O)CC(C(N)=O)NC(=O)[C@@H]2CCCN2C(=O)[C@H]([C@@H](C)CC)NC(=O)[C@H]2NC(=O)[C@H]([C@@H](C)CC)NC(=O)[C@@H]3CCCN3C(=O)[C@@H]3CCCN3C(=O)[C@H](CC(C)(C)C)NC(=O)[C@H](CO)NC(=O)[C@H](CCCN=C(N)N)NC(=O)[C@H](CO)NC(=O)[C@H](CSSC2(C)C)NC1=O. The van der Waals surface area contributed by atoms with Crippen molar-refractivity contribution in [2.24, 2.45) is 57.2 Å². The average Bonchev–Trinajstić information content (AvgIpc) is 1.74. The number of carbonyl (C=O) groups excluding carboxylic acids is 17. The average molecular weight is 1690 g/mol. The molecule has 16 atom stereocenters. The number of rotatable bonds is 14. The Morgan fingerprint density at radius 2 is 0.991 bits per heavy atom. The van der Waals surface area contributed by atoms with E-state index in [0.717, 1.165) is 21.6 Å². The van der Waals surface area contributed by atoms with Crippen molar-refractivity contribution < 1.29 is 91.7 Å². The highest BCUT2D eigenvalue weighted by atomic mass is 33.1. The summed E-state index contributed by atoms with van der Waals surface area (Å²) in [5.74, 6) is -18.2. The number of hydrogen-bond donors (Lipinski definition) is 18. The highest BCUT2D eigenvalue weighted by Crippen LogP contribution is 2.40. The Hall–Kier alpha value is -9.12. The molecule has 0 aromatic carbocycles. The molecule has 1 saturated carbocycles. The summed E-state index contributed by atoms with van der Waals surface area (Å²) in [6, 6.07) is -19.8. The molecule has 21 N–H and O–H groups in total. The minimum Gasteiger partial charge on any atom is -0.394 e. The molecule has 7 rings (SSSR count). The van der Waals surface area contributed by atoms with Gasteiger partial charge in [0, 0.05) is 49.1 Å². The van der Waals surface area contributed by atoms with Gasteiger partial charge >= 0.3 is 0 Å². The minimum atomic E-state index is -1.94. The predicted octanol–water partition coefficient (Wildman–Crippen LogP) is -4.36. The molecule has 0 radical (unpaired) electrons. The molecule has 6 aliphatic heterocycles. The lowest BCUT2D eigenvalue weighted by Crippen LogP contribution is -2.64. The van der Waals surface area contributed by atoms with Gasteiger partial charge in [-0.15, -0.1) is 0 Å². The van der Waals surface area contributed by atoms with Crippen molar-refractivity contribution in [3.8, 4) is 0 Å². The van der Waals surface area contributed by atoms with Gasteiger partial charge in [0.15, 0.2) is 5.96 Å². The summed E-state index contributed by atoms with van der Waals surface area (Å²) in [5.41, 5.74) is 16.2. The van der Waals surface area contributed by atoms with E-state index in [1.807, 2.05) is 0 Å². The van der Waals surface area contributed by atoms with Crippen molar-refractivity contribution in [2.45, 2.75) is 269 Å². The van der Waals surface area contributed by atoms with Crippen LogP contribution >= 0.6 is 21.6 Å². The fourth-order valence-corrected chi connectivity index (χ4v) is 17.9. The van der Waals surface area contributed by atoms with Crippen molar-refractivity contribution in [2.75, 3.05) is 64.8 Å². The molecule has 1 aliphatic carbocycles.